The molecular weight excluding hydrogens is 504 g/mol. The van der Waals surface area contributed by atoms with E-state index in [0.29, 0.717) is 28.6 Å². The number of sulfonamides is 1. The van der Waals surface area contributed by atoms with Gasteiger partial charge in [-0.1, -0.05) is 23.8 Å². The van der Waals surface area contributed by atoms with Gasteiger partial charge in [-0.15, -0.1) is 0 Å². The second-order valence-corrected chi connectivity index (χ2v) is 10.6. The van der Waals surface area contributed by atoms with Gasteiger partial charge in [0.1, 0.15) is 11.3 Å². The molecule has 0 bridgehead atoms. The summed E-state index contributed by atoms with van der Waals surface area (Å²) in [7, 11) is -2.69. The fourth-order valence-electron chi connectivity index (χ4n) is 4.09. The molecule has 1 N–H and O–H groups in total. The summed E-state index contributed by atoms with van der Waals surface area (Å²) in [6.45, 7) is 9.28. The van der Waals surface area contributed by atoms with Crippen LogP contribution in [-0.2, 0) is 10.0 Å². The Hall–Kier alpha value is -4.31. The first-order valence-electron chi connectivity index (χ1n) is 11.8. The molecule has 0 fully saturated rings. The summed E-state index contributed by atoms with van der Waals surface area (Å²) < 4.78 is 39.3. The third-order valence-electron chi connectivity index (χ3n) is 5.79. The molecule has 0 aliphatic heterocycles. The summed E-state index contributed by atoms with van der Waals surface area (Å²) in [6, 6.07) is 13.4. The molecule has 9 nitrogen and oxygen atoms in total. The SMILES string of the molecule is COc1ncc(-c2ccc(C(=O)NS(=O)(=O)c3cccc(C)n3)c(Oc3c(C)cc(C)cc3C)n2)cc1C. The van der Waals surface area contributed by atoms with Crippen LogP contribution in [0.15, 0.2) is 59.8 Å². The molecule has 0 unspecified atom stereocenters. The Labute approximate surface area is 222 Å². The molecule has 196 valence electrons. The van der Waals surface area contributed by atoms with Crippen LogP contribution in [0.2, 0.25) is 0 Å². The minimum absolute atomic E-state index is 0.0454. The van der Waals surface area contributed by atoms with Gasteiger partial charge in [-0.05, 0) is 76.1 Å². The maximum absolute atomic E-state index is 13.3. The Morgan fingerprint density at radius 1 is 0.868 bits per heavy atom. The quantitative estimate of drug-likeness (QED) is 0.353. The van der Waals surface area contributed by atoms with E-state index in [1.54, 1.807) is 38.4 Å². The fourth-order valence-corrected chi connectivity index (χ4v) is 5.07. The highest BCUT2D eigenvalue weighted by atomic mass is 32.2. The standard InChI is InChI=1S/C28H28N4O5S/c1-16-12-17(2)25(18(3)13-16)37-28-22(26(33)32-38(34,35)24-9-7-8-20(5)30-24)10-11-23(31-28)21-14-19(4)27(36-6)29-15-21/h7-15H,1-6H3,(H,32,33). The molecule has 0 saturated carbocycles. The largest absolute Gasteiger partial charge is 0.481 e. The van der Waals surface area contributed by atoms with Gasteiger partial charge in [-0.25, -0.2) is 19.7 Å². The number of amides is 1. The summed E-state index contributed by atoms with van der Waals surface area (Å²) in [5.41, 5.74) is 5.17. The van der Waals surface area contributed by atoms with E-state index < -0.39 is 15.9 Å². The summed E-state index contributed by atoms with van der Waals surface area (Å²) >= 11 is 0. The van der Waals surface area contributed by atoms with Crippen molar-refractivity contribution in [2.45, 2.75) is 39.6 Å². The van der Waals surface area contributed by atoms with E-state index in [4.69, 9.17) is 9.47 Å². The van der Waals surface area contributed by atoms with E-state index in [0.717, 1.165) is 22.3 Å². The number of aryl methyl sites for hydroxylation is 5. The molecule has 3 heterocycles. The van der Waals surface area contributed by atoms with Gasteiger partial charge >= 0.3 is 0 Å². The minimum Gasteiger partial charge on any atom is -0.481 e. The molecule has 0 aliphatic rings. The van der Waals surface area contributed by atoms with Crippen molar-refractivity contribution in [2.75, 3.05) is 7.11 Å². The van der Waals surface area contributed by atoms with Crippen LogP contribution in [0.4, 0.5) is 0 Å². The molecule has 0 radical (unpaired) electrons. The number of carbonyl (C=O) groups excluding carboxylic acids is 1. The summed E-state index contributed by atoms with van der Waals surface area (Å²) in [5.74, 6) is 0.0772. The number of nitrogens with one attached hydrogen (secondary N) is 1. The topological polar surface area (TPSA) is 120 Å². The Balaban J connectivity index is 1.79. The number of methoxy groups -OCH3 is 1. The van der Waals surface area contributed by atoms with Crippen LogP contribution in [0.1, 0.15) is 38.3 Å². The zero-order valence-electron chi connectivity index (χ0n) is 22.0. The lowest BCUT2D eigenvalue weighted by Gasteiger charge is -2.16. The van der Waals surface area contributed by atoms with Crippen LogP contribution < -0.4 is 14.2 Å². The average Bonchev–Trinajstić information content (AvgIpc) is 2.85. The Morgan fingerprint density at radius 3 is 2.21 bits per heavy atom. The van der Waals surface area contributed by atoms with Gasteiger partial charge in [-0.2, -0.15) is 8.42 Å². The van der Waals surface area contributed by atoms with Gasteiger partial charge in [0.15, 0.2) is 5.03 Å². The van der Waals surface area contributed by atoms with E-state index in [2.05, 4.69) is 19.7 Å². The molecule has 4 rings (SSSR count). The van der Waals surface area contributed by atoms with Crippen molar-refractivity contribution >= 4 is 15.9 Å². The van der Waals surface area contributed by atoms with Crippen molar-refractivity contribution in [3.05, 3.63) is 88.2 Å². The minimum atomic E-state index is -4.24. The number of pyridine rings is 3. The van der Waals surface area contributed by atoms with Gasteiger partial charge in [0.2, 0.25) is 11.8 Å². The van der Waals surface area contributed by atoms with Crippen molar-refractivity contribution < 1.29 is 22.7 Å². The van der Waals surface area contributed by atoms with Crippen molar-refractivity contribution in [3.8, 4) is 28.8 Å². The molecule has 10 heteroatoms. The van der Waals surface area contributed by atoms with Crippen molar-refractivity contribution in [3.63, 3.8) is 0 Å². The first kappa shape index (κ1) is 26.7. The van der Waals surface area contributed by atoms with E-state index in [1.807, 2.05) is 45.9 Å². The normalized spacial score (nSPS) is 11.2. The van der Waals surface area contributed by atoms with Crippen molar-refractivity contribution in [1.82, 2.24) is 19.7 Å². The lowest BCUT2D eigenvalue weighted by molar-refractivity contribution is 0.0978. The third kappa shape index (κ3) is 5.65. The fraction of sp³-hybridized carbons (Fsp3) is 0.214. The summed E-state index contributed by atoms with van der Waals surface area (Å²) in [6.07, 6.45) is 1.61. The maximum Gasteiger partial charge on any atom is 0.281 e. The highest BCUT2D eigenvalue weighted by molar-refractivity contribution is 7.90. The number of hydrogen-bond acceptors (Lipinski definition) is 8. The number of carbonyl (C=O) groups is 1. The highest BCUT2D eigenvalue weighted by Crippen LogP contribution is 2.33. The number of ether oxygens (including phenoxy) is 2. The number of aromatic nitrogens is 3. The van der Waals surface area contributed by atoms with Crippen molar-refractivity contribution in [1.29, 1.82) is 0 Å². The van der Waals surface area contributed by atoms with Gasteiger partial charge in [0, 0.05) is 23.0 Å². The summed E-state index contributed by atoms with van der Waals surface area (Å²) in [5, 5.41) is -0.261. The Morgan fingerprint density at radius 2 is 1.58 bits per heavy atom. The van der Waals surface area contributed by atoms with Gasteiger partial charge < -0.3 is 9.47 Å². The van der Waals surface area contributed by atoms with E-state index >= 15 is 0 Å². The van der Waals surface area contributed by atoms with Gasteiger partial charge in [-0.3, -0.25) is 4.79 Å². The molecular formula is C28H28N4O5S. The second kappa shape index (κ2) is 10.6. The first-order chi connectivity index (χ1) is 18.0. The third-order valence-corrected chi connectivity index (χ3v) is 7.02. The van der Waals surface area contributed by atoms with E-state index in [1.165, 1.54) is 12.1 Å². The lowest BCUT2D eigenvalue weighted by Crippen LogP contribution is -2.31. The van der Waals surface area contributed by atoms with Crippen LogP contribution in [0.25, 0.3) is 11.3 Å². The van der Waals surface area contributed by atoms with Crippen LogP contribution in [0.5, 0.6) is 17.5 Å². The first-order valence-corrected chi connectivity index (χ1v) is 13.3. The van der Waals surface area contributed by atoms with E-state index in [-0.39, 0.29) is 16.5 Å². The second-order valence-electron chi connectivity index (χ2n) is 8.98. The van der Waals surface area contributed by atoms with Gasteiger partial charge in [0.25, 0.3) is 15.9 Å². The molecule has 3 aromatic heterocycles. The molecule has 0 atom stereocenters. The van der Waals surface area contributed by atoms with Crippen LogP contribution in [0, 0.1) is 34.6 Å². The summed E-state index contributed by atoms with van der Waals surface area (Å²) in [4.78, 5) is 26.2. The predicted octanol–water partition coefficient (Wildman–Crippen LogP) is 5.00. The molecule has 1 amide bonds. The zero-order valence-corrected chi connectivity index (χ0v) is 22.8. The number of benzene rings is 1. The average molecular weight is 533 g/mol. The Bertz CT molecular complexity index is 1630. The molecule has 38 heavy (non-hydrogen) atoms. The van der Waals surface area contributed by atoms with E-state index in [9.17, 15) is 13.2 Å². The predicted molar refractivity (Wildman–Crippen MR) is 143 cm³/mol. The molecule has 4 aromatic rings. The smallest absolute Gasteiger partial charge is 0.281 e. The maximum atomic E-state index is 13.3. The lowest BCUT2D eigenvalue weighted by atomic mass is 10.1. The number of rotatable bonds is 7. The zero-order chi connectivity index (χ0) is 27.6. The highest BCUT2D eigenvalue weighted by Gasteiger charge is 2.25. The van der Waals surface area contributed by atoms with Crippen LogP contribution in [-0.4, -0.2) is 36.4 Å². The van der Waals surface area contributed by atoms with Gasteiger partial charge in [0.05, 0.1) is 12.8 Å². The Kier molecular flexibility index (Phi) is 7.45. The monoisotopic (exact) mass is 532 g/mol. The van der Waals surface area contributed by atoms with Crippen molar-refractivity contribution in [2.24, 2.45) is 0 Å². The van der Waals surface area contributed by atoms with Crippen LogP contribution >= 0.6 is 0 Å². The van der Waals surface area contributed by atoms with Crippen LogP contribution in [0.3, 0.4) is 0 Å². The number of hydrogen-bond donors (Lipinski definition) is 1. The molecule has 0 aliphatic carbocycles. The molecule has 0 saturated heterocycles. The number of nitrogens with zero attached hydrogens (tertiary/aromatic N) is 3. The molecule has 1 aromatic carbocycles. The molecule has 0 spiro atoms.